The van der Waals surface area contributed by atoms with Crippen LogP contribution < -0.4 is 16.4 Å². The lowest BCUT2D eigenvalue weighted by Crippen LogP contribution is -2.49. The van der Waals surface area contributed by atoms with Crippen molar-refractivity contribution in [3.05, 3.63) is 17.7 Å². The van der Waals surface area contributed by atoms with Crippen LogP contribution in [0, 0.1) is 0 Å². The first kappa shape index (κ1) is 27.0. The fourth-order valence-corrected chi connectivity index (χ4v) is 3.58. The summed E-state index contributed by atoms with van der Waals surface area (Å²) in [4.78, 5) is 46.3. The second kappa shape index (κ2) is 11.6. The van der Waals surface area contributed by atoms with Crippen molar-refractivity contribution in [1.82, 2.24) is 10.6 Å². The molecule has 12 heteroatoms. The minimum atomic E-state index is -1.27. The van der Waals surface area contributed by atoms with E-state index in [4.69, 9.17) is 15.9 Å². The topological polar surface area (TPSA) is 199 Å². The van der Waals surface area contributed by atoms with Crippen LogP contribution in [0.5, 0.6) is 11.5 Å². The Bertz CT molecular complexity index is 869. The maximum absolute atomic E-state index is 12.4. The standard InChI is InChI=1S/C20H29N3O8S/c1-20(2,3)10-6-14(25)15(7-13(10)24)32-9-12(18(29)22-8-17(27)28)23-16(26)5-4-11(21)19(30)31/h6-7,11-12,24-25H,4-5,8-9,21H2,1-3H3,(H,22,29)(H,23,26)(H,27,28)(H,30,31). The fourth-order valence-electron chi connectivity index (χ4n) is 2.59. The van der Waals surface area contributed by atoms with Gasteiger partial charge in [0.25, 0.3) is 0 Å². The largest absolute Gasteiger partial charge is 0.508 e. The van der Waals surface area contributed by atoms with Crippen LogP contribution in [0.4, 0.5) is 0 Å². The summed E-state index contributed by atoms with van der Waals surface area (Å²) >= 11 is 0.971. The Morgan fingerprint density at radius 3 is 2.25 bits per heavy atom. The highest BCUT2D eigenvalue weighted by molar-refractivity contribution is 7.99. The summed E-state index contributed by atoms with van der Waals surface area (Å²) in [6.07, 6.45) is -0.409. The van der Waals surface area contributed by atoms with Gasteiger partial charge in [-0.3, -0.25) is 19.2 Å². The van der Waals surface area contributed by atoms with E-state index in [-0.39, 0.29) is 35.0 Å². The highest BCUT2D eigenvalue weighted by atomic mass is 32.2. The number of thioether (sulfide) groups is 1. The Balaban J connectivity index is 2.93. The summed E-state index contributed by atoms with van der Waals surface area (Å²) in [5.74, 6) is -4.22. The van der Waals surface area contributed by atoms with Crippen LogP contribution in [-0.2, 0) is 24.6 Å². The van der Waals surface area contributed by atoms with E-state index < -0.39 is 47.8 Å². The number of amides is 2. The van der Waals surface area contributed by atoms with E-state index in [0.29, 0.717) is 5.56 Å². The van der Waals surface area contributed by atoms with Gasteiger partial charge in [0.05, 0.1) is 4.90 Å². The Morgan fingerprint density at radius 1 is 1.09 bits per heavy atom. The zero-order chi connectivity index (χ0) is 24.6. The molecule has 0 aliphatic heterocycles. The van der Waals surface area contributed by atoms with E-state index in [1.807, 2.05) is 20.8 Å². The van der Waals surface area contributed by atoms with Crippen LogP contribution in [-0.4, -0.2) is 68.6 Å². The molecule has 8 N–H and O–H groups in total. The van der Waals surface area contributed by atoms with E-state index in [9.17, 15) is 29.4 Å². The van der Waals surface area contributed by atoms with Crippen LogP contribution in [0.2, 0.25) is 0 Å². The second-order valence-corrected chi connectivity index (χ2v) is 9.17. The lowest BCUT2D eigenvalue weighted by atomic mass is 9.86. The number of rotatable bonds is 11. The van der Waals surface area contributed by atoms with E-state index >= 15 is 0 Å². The van der Waals surface area contributed by atoms with Gasteiger partial charge in [0.1, 0.15) is 30.1 Å². The number of benzene rings is 1. The average Bonchev–Trinajstić information content (AvgIpc) is 2.68. The van der Waals surface area contributed by atoms with Gasteiger partial charge in [-0.1, -0.05) is 20.8 Å². The van der Waals surface area contributed by atoms with Gasteiger partial charge in [-0.05, 0) is 24.0 Å². The molecule has 178 valence electrons. The monoisotopic (exact) mass is 471 g/mol. The van der Waals surface area contributed by atoms with Crippen LogP contribution in [0.15, 0.2) is 17.0 Å². The molecule has 2 atom stereocenters. The lowest BCUT2D eigenvalue weighted by molar-refractivity contribution is -0.139. The zero-order valence-electron chi connectivity index (χ0n) is 18.0. The van der Waals surface area contributed by atoms with Crippen molar-refractivity contribution in [3.63, 3.8) is 0 Å². The maximum atomic E-state index is 12.4. The number of hydrogen-bond donors (Lipinski definition) is 7. The molecule has 0 saturated carbocycles. The van der Waals surface area contributed by atoms with Crippen LogP contribution in [0.1, 0.15) is 39.2 Å². The number of phenols is 2. The number of hydrogen-bond acceptors (Lipinski definition) is 8. The van der Waals surface area contributed by atoms with Crippen molar-refractivity contribution < 1.29 is 39.6 Å². The molecule has 2 unspecified atom stereocenters. The highest BCUT2D eigenvalue weighted by Crippen LogP contribution is 2.39. The molecular formula is C20H29N3O8S. The van der Waals surface area contributed by atoms with Crippen molar-refractivity contribution in [2.24, 2.45) is 5.73 Å². The molecule has 0 radical (unpaired) electrons. The molecule has 0 fully saturated rings. The summed E-state index contributed by atoms with van der Waals surface area (Å²) in [7, 11) is 0. The molecule has 0 aliphatic rings. The van der Waals surface area contributed by atoms with E-state index in [0.717, 1.165) is 11.8 Å². The van der Waals surface area contributed by atoms with Crippen LogP contribution in [0.3, 0.4) is 0 Å². The molecule has 0 aliphatic carbocycles. The van der Waals surface area contributed by atoms with Crippen molar-refractivity contribution >= 4 is 35.5 Å². The zero-order valence-corrected chi connectivity index (χ0v) is 18.9. The summed E-state index contributed by atoms with van der Waals surface area (Å²) in [6.45, 7) is 4.93. The van der Waals surface area contributed by atoms with Crippen molar-refractivity contribution in [1.29, 1.82) is 0 Å². The number of nitrogens with one attached hydrogen (secondary N) is 2. The predicted octanol–water partition coefficient (Wildman–Crippen LogP) is 0.365. The molecule has 0 aromatic heterocycles. The van der Waals surface area contributed by atoms with Crippen molar-refractivity contribution in [2.45, 2.75) is 56.0 Å². The molecular weight excluding hydrogens is 442 g/mol. The number of carboxylic acids is 2. The number of aliphatic carboxylic acids is 2. The minimum Gasteiger partial charge on any atom is -0.508 e. The number of carbonyl (C=O) groups is 4. The normalized spacial score (nSPS) is 13.1. The molecule has 11 nitrogen and oxygen atoms in total. The molecule has 2 amide bonds. The number of carbonyl (C=O) groups excluding carboxylic acids is 2. The Labute approximate surface area is 189 Å². The first-order valence-corrected chi connectivity index (χ1v) is 10.7. The second-order valence-electron chi connectivity index (χ2n) is 8.11. The molecule has 1 aromatic carbocycles. The third-order valence-electron chi connectivity index (χ3n) is 4.36. The predicted molar refractivity (Wildman–Crippen MR) is 117 cm³/mol. The number of aromatic hydroxyl groups is 2. The average molecular weight is 472 g/mol. The first-order chi connectivity index (χ1) is 14.7. The fraction of sp³-hybridized carbons (Fsp3) is 0.500. The highest BCUT2D eigenvalue weighted by Gasteiger charge is 2.25. The van der Waals surface area contributed by atoms with Crippen molar-refractivity contribution in [3.8, 4) is 11.5 Å². The molecule has 1 rings (SSSR count). The lowest BCUT2D eigenvalue weighted by Gasteiger charge is -2.22. The summed E-state index contributed by atoms with van der Waals surface area (Å²) in [5, 5.41) is 42.7. The third-order valence-corrected chi connectivity index (χ3v) is 5.49. The van der Waals surface area contributed by atoms with Gasteiger partial charge in [0.2, 0.25) is 11.8 Å². The number of carboxylic acid groups (broad SMARTS) is 2. The minimum absolute atomic E-state index is 0.0450. The van der Waals surface area contributed by atoms with E-state index in [1.165, 1.54) is 12.1 Å². The molecule has 1 aromatic rings. The summed E-state index contributed by atoms with van der Waals surface area (Å²) in [6, 6.07) is 0.344. The van der Waals surface area contributed by atoms with E-state index in [1.54, 1.807) is 0 Å². The van der Waals surface area contributed by atoms with Gasteiger partial charge >= 0.3 is 11.9 Å². The van der Waals surface area contributed by atoms with Gasteiger partial charge in [0.15, 0.2) is 0 Å². The van der Waals surface area contributed by atoms with Gasteiger partial charge in [-0.25, -0.2) is 0 Å². The molecule has 32 heavy (non-hydrogen) atoms. The molecule has 0 saturated heterocycles. The summed E-state index contributed by atoms with van der Waals surface area (Å²) in [5.41, 5.74) is 5.47. The SMILES string of the molecule is CC(C)(C)c1cc(O)c(SCC(NC(=O)CCC(N)C(=O)O)C(=O)NCC(=O)O)cc1O. The third kappa shape index (κ3) is 8.63. The maximum Gasteiger partial charge on any atom is 0.322 e. The quantitative estimate of drug-likeness (QED) is 0.175. The molecule has 0 heterocycles. The van der Waals surface area contributed by atoms with Crippen LogP contribution >= 0.6 is 11.8 Å². The first-order valence-electron chi connectivity index (χ1n) is 9.68. The smallest absolute Gasteiger partial charge is 0.322 e. The molecule has 0 bridgehead atoms. The Hall–Kier alpha value is -2.99. The number of nitrogens with two attached hydrogens (primary N) is 1. The van der Waals surface area contributed by atoms with E-state index in [2.05, 4.69) is 10.6 Å². The Kier molecular flexibility index (Phi) is 9.79. The van der Waals surface area contributed by atoms with Crippen LogP contribution in [0.25, 0.3) is 0 Å². The van der Waals surface area contributed by atoms with Crippen molar-refractivity contribution in [2.75, 3.05) is 12.3 Å². The van der Waals surface area contributed by atoms with Gasteiger partial charge < -0.3 is 36.8 Å². The number of phenolic OH excluding ortho intramolecular Hbond substituents is 2. The van der Waals surface area contributed by atoms with Gasteiger partial charge in [0, 0.05) is 17.7 Å². The summed E-state index contributed by atoms with van der Waals surface area (Å²) < 4.78 is 0. The van der Waals surface area contributed by atoms with Gasteiger partial charge in [-0.2, -0.15) is 0 Å². The van der Waals surface area contributed by atoms with Gasteiger partial charge in [-0.15, -0.1) is 11.8 Å². The Morgan fingerprint density at radius 2 is 1.72 bits per heavy atom. The molecule has 0 spiro atoms.